The standard InChI is InChI=1S/C24H27F3N2O5S/c1-33-22-7-3-2-6-19(22)9-11-23(30)28-13-4-5-14-29-15-12-18-8-10-21(16-20(18)17-29)34-35(31,32)24(25,26)27/h2-3,6-11,16H,4-5,12-15,17H2,1H3,(H,28,30)/b11-9+. The van der Waals surface area contributed by atoms with E-state index in [0.29, 0.717) is 25.3 Å². The van der Waals surface area contributed by atoms with E-state index in [1.165, 1.54) is 18.2 Å². The van der Waals surface area contributed by atoms with Gasteiger partial charge in [0.2, 0.25) is 5.91 Å². The van der Waals surface area contributed by atoms with E-state index in [4.69, 9.17) is 4.74 Å². The maximum atomic E-state index is 12.6. The van der Waals surface area contributed by atoms with Crippen molar-refractivity contribution >= 4 is 22.1 Å². The number of ether oxygens (including phenoxy) is 1. The normalized spacial score (nSPS) is 14.5. The lowest BCUT2D eigenvalue weighted by Crippen LogP contribution is -2.32. The van der Waals surface area contributed by atoms with Crippen LogP contribution >= 0.6 is 0 Å². The summed E-state index contributed by atoms with van der Waals surface area (Å²) in [6.07, 6.45) is 5.41. The number of halogens is 3. The molecule has 1 amide bonds. The fourth-order valence-electron chi connectivity index (χ4n) is 3.71. The van der Waals surface area contributed by atoms with E-state index in [-0.39, 0.29) is 11.7 Å². The molecule has 35 heavy (non-hydrogen) atoms. The third-order valence-electron chi connectivity index (χ3n) is 5.51. The Balaban J connectivity index is 1.42. The van der Waals surface area contributed by atoms with Crippen LogP contribution in [-0.4, -0.2) is 51.5 Å². The molecular formula is C24H27F3N2O5S. The van der Waals surface area contributed by atoms with Crippen LogP contribution in [0, 0.1) is 0 Å². The molecule has 2 aromatic rings. The van der Waals surface area contributed by atoms with Crippen molar-refractivity contribution in [2.75, 3.05) is 26.7 Å². The first-order chi connectivity index (χ1) is 16.6. The van der Waals surface area contributed by atoms with E-state index >= 15 is 0 Å². The highest BCUT2D eigenvalue weighted by molar-refractivity contribution is 7.88. The Morgan fingerprint density at radius 1 is 1.14 bits per heavy atom. The van der Waals surface area contributed by atoms with Crippen LogP contribution in [0.15, 0.2) is 48.5 Å². The number of fused-ring (bicyclic) bond motifs is 1. The molecule has 0 bridgehead atoms. The highest BCUT2D eigenvalue weighted by Crippen LogP contribution is 2.29. The molecule has 0 radical (unpaired) electrons. The molecule has 0 aromatic heterocycles. The lowest BCUT2D eigenvalue weighted by Gasteiger charge is -2.29. The molecular weight excluding hydrogens is 485 g/mol. The molecule has 0 spiro atoms. The topological polar surface area (TPSA) is 84.9 Å². The Morgan fingerprint density at radius 2 is 1.91 bits per heavy atom. The number of amides is 1. The molecule has 0 atom stereocenters. The zero-order chi connectivity index (χ0) is 25.5. The van der Waals surface area contributed by atoms with Gasteiger partial charge in [0.05, 0.1) is 7.11 Å². The minimum atomic E-state index is -5.70. The van der Waals surface area contributed by atoms with Crippen LogP contribution in [0.5, 0.6) is 11.5 Å². The van der Waals surface area contributed by atoms with Gasteiger partial charge in [-0.2, -0.15) is 21.6 Å². The number of carbonyl (C=O) groups is 1. The van der Waals surface area contributed by atoms with Gasteiger partial charge in [0.1, 0.15) is 11.5 Å². The molecule has 1 N–H and O–H groups in total. The van der Waals surface area contributed by atoms with Crippen molar-refractivity contribution in [1.82, 2.24) is 10.2 Å². The summed E-state index contributed by atoms with van der Waals surface area (Å²) in [5, 5.41) is 2.83. The van der Waals surface area contributed by atoms with Gasteiger partial charge >= 0.3 is 15.6 Å². The summed E-state index contributed by atoms with van der Waals surface area (Å²) in [6, 6.07) is 11.6. The average Bonchev–Trinajstić information content (AvgIpc) is 2.81. The lowest BCUT2D eigenvalue weighted by molar-refractivity contribution is -0.116. The monoisotopic (exact) mass is 512 g/mol. The quantitative estimate of drug-likeness (QED) is 0.225. The van der Waals surface area contributed by atoms with Crippen molar-refractivity contribution in [2.24, 2.45) is 0 Å². The van der Waals surface area contributed by atoms with E-state index in [1.54, 1.807) is 19.3 Å². The molecule has 11 heteroatoms. The molecule has 0 unspecified atom stereocenters. The highest BCUT2D eigenvalue weighted by Gasteiger charge is 2.48. The number of nitrogens with one attached hydrogen (secondary N) is 1. The zero-order valence-electron chi connectivity index (χ0n) is 19.2. The Kier molecular flexibility index (Phi) is 8.79. The number of hydrogen-bond acceptors (Lipinski definition) is 6. The average molecular weight is 513 g/mol. The second-order valence-corrected chi connectivity index (χ2v) is 9.55. The summed E-state index contributed by atoms with van der Waals surface area (Å²) < 4.78 is 69.7. The molecule has 1 aliphatic heterocycles. The van der Waals surface area contributed by atoms with Crippen molar-refractivity contribution in [3.05, 3.63) is 65.2 Å². The molecule has 0 saturated carbocycles. The number of para-hydroxylation sites is 1. The third kappa shape index (κ3) is 7.46. The molecule has 190 valence electrons. The van der Waals surface area contributed by atoms with Gasteiger partial charge in [-0.05, 0) is 61.2 Å². The summed E-state index contributed by atoms with van der Waals surface area (Å²) in [5.41, 5.74) is -2.98. The van der Waals surface area contributed by atoms with Crippen LogP contribution in [-0.2, 0) is 27.9 Å². The van der Waals surface area contributed by atoms with E-state index in [2.05, 4.69) is 14.4 Å². The van der Waals surface area contributed by atoms with E-state index in [9.17, 15) is 26.4 Å². The Hall–Kier alpha value is -3.05. The van der Waals surface area contributed by atoms with Crippen molar-refractivity contribution in [1.29, 1.82) is 0 Å². The number of methoxy groups -OCH3 is 1. The molecule has 2 aromatic carbocycles. The number of nitrogens with zero attached hydrogens (tertiary/aromatic N) is 1. The molecule has 1 heterocycles. The molecule has 7 nitrogen and oxygen atoms in total. The van der Waals surface area contributed by atoms with Gasteiger partial charge < -0.3 is 14.2 Å². The minimum absolute atomic E-state index is 0.204. The smallest absolute Gasteiger partial charge is 0.496 e. The van der Waals surface area contributed by atoms with Gasteiger partial charge in [-0.15, -0.1) is 0 Å². The van der Waals surface area contributed by atoms with Crippen LogP contribution in [0.1, 0.15) is 29.5 Å². The van der Waals surface area contributed by atoms with Crippen molar-refractivity contribution in [2.45, 2.75) is 31.3 Å². The van der Waals surface area contributed by atoms with Gasteiger partial charge in [-0.3, -0.25) is 9.69 Å². The number of carbonyl (C=O) groups excluding carboxylic acids is 1. The first-order valence-electron chi connectivity index (χ1n) is 11.0. The van der Waals surface area contributed by atoms with Gasteiger partial charge in [0.15, 0.2) is 0 Å². The lowest BCUT2D eigenvalue weighted by atomic mass is 9.99. The molecule has 0 saturated heterocycles. The van der Waals surface area contributed by atoms with Gasteiger partial charge in [-0.1, -0.05) is 24.3 Å². The molecule has 1 aliphatic rings. The van der Waals surface area contributed by atoms with Crippen LogP contribution in [0.4, 0.5) is 13.2 Å². The molecule has 0 aliphatic carbocycles. The maximum Gasteiger partial charge on any atom is 0.534 e. The van der Waals surface area contributed by atoms with Crippen molar-refractivity contribution < 1.29 is 35.3 Å². The summed E-state index contributed by atoms with van der Waals surface area (Å²) >= 11 is 0. The number of unbranched alkanes of at least 4 members (excludes halogenated alkanes) is 1. The number of alkyl halides is 3. The maximum absolute atomic E-state index is 12.6. The molecule has 0 fully saturated rings. The van der Waals surface area contributed by atoms with Crippen molar-refractivity contribution in [3.8, 4) is 11.5 Å². The van der Waals surface area contributed by atoms with Crippen LogP contribution in [0.25, 0.3) is 6.08 Å². The zero-order valence-corrected chi connectivity index (χ0v) is 20.0. The number of benzene rings is 2. The van der Waals surface area contributed by atoms with E-state index in [0.717, 1.165) is 42.6 Å². The fraction of sp³-hybridized carbons (Fsp3) is 0.375. The van der Waals surface area contributed by atoms with Crippen molar-refractivity contribution in [3.63, 3.8) is 0 Å². The first-order valence-corrected chi connectivity index (χ1v) is 12.4. The fourth-order valence-corrected chi connectivity index (χ4v) is 4.16. The first kappa shape index (κ1) is 26.6. The van der Waals surface area contributed by atoms with Gasteiger partial charge in [0.25, 0.3) is 0 Å². The van der Waals surface area contributed by atoms with Crippen LogP contribution < -0.4 is 14.2 Å². The Morgan fingerprint density at radius 3 is 2.66 bits per heavy atom. The highest BCUT2D eigenvalue weighted by atomic mass is 32.2. The van der Waals surface area contributed by atoms with E-state index in [1.807, 2.05) is 24.3 Å². The SMILES string of the molecule is COc1ccccc1/C=C/C(=O)NCCCCN1CCc2ccc(OS(=O)(=O)C(F)(F)F)cc2C1. The second-order valence-electron chi connectivity index (χ2n) is 8.01. The summed E-state index contributed by atoms with van der Waals surface area (Å²) in [6.45, 7) is 2.50. The number of hydrogen-bond donors (Lipinski definition) is 1. The van der Waals surface area contributed by atoms with Gasteiger partial charge in [0, 0.05) is 31.3 Å². The van der Waals surface area contributed by atoms with Crippen LogP contribution in [0.3, 0.4) is 0 Å². The second kappa shape index (κ2) is 11.6. The van der Waals surface area contributed by atoms with E-state index < -0.39 is 15.6 Å². The Bertz CT molecular complexity index is 1170. The number of rotatable bonds is 10. The Labute approximate surface area is 202 Å². The van der Waals surface area contributed by atoms with Gasteiger partial charge in [-0.25, -0.2) is 0 Å². The largest absolute Gasteiger partial charge is 0.534 e. The summed E-state index contributed by atoms with van der Waals surface area (Å²) in [4.78, 5) is 14.2. The minimum Gasteiger partial charge on any atom is -0.496 e. The third-order valence-corrected chi connectivity index (χ3v) is 6.49. The summed E-state index contributed by atoms with van der Waals surface area (Å²) in [7, 11) is -4.13. The predicted molar refractivity (Wildman–Crippen MR) is 125 cm³/mol. The predicted octanol–water partition coefficient (Wildman–Crippen LogP) is 3.89. The summed E-state index contributed by atoms with van der Waals surface area (Å²) in [5.74, 6) is 0.122. The van der Waals surface area contributed by atoms with Crippen LogP contribution in [0.2, 0.25) is 0 Å². The molecule has 3 rings (SSSR count).